The Kier molecular flexibility index (Phi) is 4.41. The molecule has 0 saturated heterocycles. The molecule has 0 atom stereocenters. The second kappa shape index (κ2) is 5.37. The summed E-state index contributed by atoms with van der Waals surface area (Å²) in [6, 6.07) is 2.44. The number of aromatic nitrogens is 1. The van der Waals surface area contributed by atoms with Crippen LogP contribution in [0.25, 0.3) is 0 Å². The van der Waals surface area contributed by atoms with E-state index in [1.807, 2.05) is 7.05 Å². The Morgan fingerprint density at radius 2 is 2.13 bits per heavy atom. The maximum atomic E-state index is 12.2. The monoisotopic (exact) mass is 236 g/mol. The fraction of sp³-hybridized carbons (Fsp3) is 0.444. The van der Waals surface area contributed by atoms with Crippen molar-refractivity contribution in [3.63, 3.8) is 0 Å². The lowest BCUT2D eigenvalue weighted by Crippen LogP contribution is -2.10. The zero-order valence-electron chi connectivity index (χ0n) is 8.14. The van der Waals surface area contributed by atoms with Gasteiger partial charge in [-0.25, -0.2) is 4.98 Å². The number of halogens is 3. The lowest BCUT2D eigenvalue weighted by Gasteiger charge is -2.06. The van der Waals surface area contributed by atoms with Gasteiger partial charge in [-0.15, -0.1) is 11.8 Å². The van der Waals surface area contributed by atoms with E-state index in [4.69, 9.17) is 0 Å². The summed E-state index contributed by atoms with van der Waals surface area (Å²) in [6.07, 6.45) is -3.44. The van der Waals surface area contributed by atoms with Gasteiger partial charge in [0.15, 0.2) is 0 Å². The smallest absolute Gasteiger partial charge is 0.319 e. The third-order valence-electron chi connectivity index (χ3n) is 1.67. The van der Waals surface area contributed by atoms with Crippen molar-refractivity contribution in [1.29, 1.82) is 0 Å². The van der Waals surface area contributed by atoms with E-state index >= 15 is 0 Å². The quantitative estimate of drug-likeness (QED) is 0.642. The van der Waals surface area contributed by atoms with Crippen LogP contribution in [0, 0.1) is 0 Å². The summed E-state index contributed by atoms with van der Waals surface area (Å²) < 4.78 is 36.5. The molecule has 1 N–H and O–H groups in total. The molecular weight excluding hydrogens is 225 g/mol. The molecule has 1 aromatic rings. The Bertz CT molecular complexity index is 297. The predicted molar refractivity (Wildman–Crippen MR) is 53.9 cm³/mol. The molecule has 1 heterocycles. The van der Waals surface area contributed by atoms with Crippen LogP contribution in [0.3, 0.4) is 0 Å². The normalized spacial score (nSPS) is 11.7. The van der Waals surface area contributed by atoms with Crippen LogP contribution in [-0.2, 0) is 6.18 Å². The van der Waals surface area contributed by atoms with E-state index in [1.54, 1.807) is 0 Å². The number of rotatable bonds is 4. The van der Waals surface area contributed by atoms with Crippen molar-refractivity contribution in [2.24, 2.45) is 0 Å². The average molecular weight is 236 g/mol. The molecule has 0 saturated carbocycles. The highest BCUT2D eigenvalue weighted by Crippen LogP contribution is 2.29. The molecule has 84 valence electrons. The van der Waals surface area contributed by atoms with Gasteiger partial charge in [-0.2, -0.15) is 13.2 Å². The number of alkyl halides is 3. The van der Waals surface area contributed by atoms with E-state index in [0.717, 1.165) is 24.6 Å². The van der Waals surface area contributed by atoms with Crippen molar-refractivity contribution in [2.75, 3.05) is 19.3 Å². The first-order valence-corrected chi connectivity index (χ1v) is 5.33. The van der Waals surface area contributed by atoms with Crippen molar-refractivity contribution in [1.82, 2.24) is 10.3 Å². The second-order valence-corrected chi connectivity index (χ2v) is 3.95. The summed E-state index contributed by atoms with van der Waals surface area (Å²) in [6.45, 7) is 0.799. The van der Waals surface area contributed by atoms with E-state index in [9.17, 15) is 13.2 Å². The van der Waals surface area contributed by atoms with E-state index in [-0.39, 0.29) is 0 Å². The van der Waals surface area contributed by atoms with Gasteiger partial charge in [-0.05, 0) is 19.2 Å². The van der Waals surface area contributed by atoms with Crippen LogP contribution in [0.1, 0.15) is 5.56 Å². The average Bonchev–Trinajstić information content (AvgIpc) is 2.18. The molecule has 0 fully saturated rings. The standard InChI is InChI=1S/C9H11F3N2S/c1-13-4-5-15-8-3-2-7(6-14-8)9(10,11)12/h2-3,6,13H,4-5H2,1H3. The van der Waals surface area contributed by atoms with Gasteiger partial charge in [0.1, 0.15) is 0 Å². The van der Waals surface area contributed by atoms with Gasteiger partial charge in [0, 0.05) is 18.5 Å². The van der Waals surface area contributed by atoms with Gasteiger partial charge in [0.2, 0.25) is 0 Å². The van der Waals surface area contributed by atoms with Crippen molar-refractivity contribution < 1.29 is 13.2 Å². The number of hydrogen-bond donors (Lipinski definition) is 1. The largest absolute Gasteiger partial charge is 0.417 e. The van der Waals surface area contributed by atoms with Gasteiger partial charge in [-0.3, -0.25) is 0 Å². The van der Waals surface area contributed by atoms with Crippen LogP contribution in [-0.4, -0.2) is 24.3 Å². The maximum absolute atomic E-state index is 12.2. The van der Waals surface area contributed by atoms with E-state index in [0.29, 0.717) is 5.03 Å². The van der Waals surface area contributed by atoms with Gasteiger partial charge in [-0.1, -0.05) is 0 Å². The number of hydrogen-bond acceptors (Lipinski definition) is 3. The Labute approximate surface area is 90.3 Å². The first-order chi connectivity index (χ1) is 7.04. The Morgan fingerprint density at radius 3 is 2.60 bits per heavy atom. The van der Waals surface area contributed by atoms with Gasteiger partial charge in [0.25, 0.3) is 0 Å². The topological polar surface area (TPSA) is 24.9 Å². The number of thioether (sulfide) groups is 1. The third-order valence-corrected chi connectivity index (χ3v) is 2.61. The van der Waals surface area contributed by atoms with Crippen LogP contribution in [0.15, 0.2) is 23.4 Å². The first kappa shape index (κ1) is 12.3. The number of pyridine rings is 1. The molecule has 0 radical (unpaired) electrons. The SMILES string of the molecule is CNCCSc1ccc(C(F)(F)F)cn1. The summed E-state index contributed by atoms with van der Waals surface area (Å²) in [4.78, 5) is 3.73. The fourth-order valence-corrected chi connectivity index (χ4v) is 1.70. The fourth-order valence-electron chi connectivity index (χ4n) is 0.891. The van der Waals surface area contributed by atoms with Crippen LogP contribution < -0.4 is 5.32 Å². The highest BCUT2D eigenvalue weighted by atomic mass is 32.2. The summed E-state index contributed by atoms with van der Waals surface area (Å²) in [5.41, 5.74) is -0.708. The minimum absolute atomic E-state index is 0.609. The number of nitrogens with one attached hydrogen (secondary N) is 1. The summed E-state index contributed by atoms with van der Waals surface area (Å²) >= 11 is 1.42. The molecule has 1 aromatic heterocycles. The molecule has 1 rings (SSSR count). The van der Waals surface area contributed by atoms with Crippen LogP contribution >= 0.6 is 11.8 Å². The first-order valence-electron chi connectivity index (χ1n) is 4.34. The summed E-state index contributed by atoms with van der Waals surface area (Å²) in [7, 11) is 1.82. The maximum Gasteiger partial charge on any atom is 0.417 e. The molecule has 15 heavy (non-hydrogen) atoms. The molecule has 0 aliphatic carbocycles. The predicted octanol–water partition coefficient (Wildman–Crippen LogP) is 2.41. The molecule has 0 aromatic carbocycles. The minimum atomic E-state index is -4.30. The van der Waals surface area contributed by atoms with E-state index in [2.05, 4.69) is 10.3 Å². The van der Waals surface area contributed by atoms with E-state index in [1.165, 1.54) is 17.8 Å². The molecule has 2 nitrogen and oxygen atoms in total. The molecule has 0 amide bonds. The van der Waals surface area contributed by atoms with Crippen molar-refractivity contribution >= 4 is 11.8 Å². The number of nitrogens with zero attached hydrogens (tertiary/aromatic N) is 1. The minimum Gasteiger partial charge on any atom is -0.319 e. The lowest BCUT2D eigenvalue weighted by molar-refractivity contribution is -0.137. The zero-order chi connectivity index (χ0) is 11.3. The Balaban J connectivity index is 2.57. The van der Waals surface area contributed by atoms with Gasteiger partial charge < -0.3 is 5.32 Å². The van der Waals surface area contributed by atoms with Crippen LogP contribution in [0.2, 0.25) is 0 Å². The summed E-state index contributed by atoms with van der Waals surface area (Å²) in [5, 5.41) is 3.55. The third kappa shape index (κ3) is 4.09. The highest BCUT2D eigenvalue weighted by Gasteiger charge is 2.30. The molecule has 0 bridgehead atoms. The van der Waals surface area contributed by atoms with Crippen LogP contribution in [0.5, 0.6) is 0 Å². The molecular formula is C9H11F3N2S. The van der Waals surface area contributed by atoms with Crippen LogP contribution in [0.4, 0.5) is 13.2 Å². The van der Waals surface area contributed by atoms with Gasteiger partial charge in [0.05, 0.1) is 10.6 Å². The highest BCUT2D eigenvalue weighted by molar-refractivity contribution is 7.99. The van der Waals surface area contributed by atoms with Crippen molar-refractivity contribution in [2.45, 2.75) is 11.2 Å². The zero-order valence-corrected chi connectivity index (χ0v) is 8.95. The van der Waals surface area contributed by atoms with E-state index < -0.39 is 11.7 Å². The summed E-state index contributed by atoms with van der Waals surface area (Å²) in [5.74, 6) is 0.787. The molecule has 0 spiro atoms. The molecule has 0 unspecified atom stereocenters. The molecule has 6 heteroatoms. The Morgan fingerprint density at radius 1 is 1.40 bits per heavy atom. The lowest BCUT2D eigenvalue weighted by atomic mass is 10.3. The molecule has 0 aliphatic heterocycles. The second-order valence-electron chi connectivity index (χ2n) is 2.83. The Hall–Kier alpha value is -0.750. The van der Waals surface area contributed by atoms with Crippen molar-refractivity contribution in [3.05, 3.63) is 23.9 Å². The van der Waals surface area contributed by atoms with Gasteiger partial charge >= 0.3 is 6.18 Å². The van der Waals surface area contributed by atoms with Crippen molar-refractivity contribution in [3.8, 4) is 0 Å². The molecule has 0 aliphatic rings.